The maximum atomic E-state index is 0. The van der Waals surface area contributed by atoms with Crippen molar-refractivity contribution in [3.63, 3.8) is 0 Å². The molecule has 0 radical (unpaired) electrons. The van der Waals surface area contributed by atoms with Gasteiger partial charge in [-0.1, -0.05) is 0 Å². The van der Waals surface area contributed by atoms with Crippen LogP contribution >= 0.6 is 0 Å². The Morgan fingerprint density at radius 2 is 0.105 bits per heavy atom. The summed E-state index contributed by atoms with van der Waals surface area (Å²) < 4.78 is 0. The van der Waals surface area contributed by atoms with Gasteiger partial charge in [-0.2, -0.15) is 0 Å². The fourth-order valence-corrected chi connectivity index (χ4v) is 0. The summed E-state index contributed by atoms with van der Waals surface area (Å²) in [4.78, 5) is 0. The van der Waals surface area contributed by atoms with Crippen molar-refractivity contribution in [1.82, 2.24) is 0 Å². The molecule has 0 amide bonds. The van der Waals surface area contributed by atoms with E-state index in [1.807, 2.05) is 0 Å². The molecule has 0 saturated carbocycles. The quantitative estimate of drug-likeness (QED) is 0.210. The van der Waals surface area contributed by atoms with Crippen molar-refractivity contribution in [1.29, 1.82) is 0 Å². The van der Waals surface area contributed by atoms with Crippen molar-refractivity contribution in [2.45, 2.75) is 0 Å². The van der Waals surface area contributed by atoms with Gasteiger partial charge >= 0.3 is 0 Å². The molecule has 0 aromatic heterocycles. The molecule has 0 rings (SSSR count). The fraction of sp³-hybridized carbons (Fsp3) is 0. The molecule has 0 bridgehead atoms. The maximum Gasteiger partial charge on any atom is 0 e. The van der Waals surface area contributed by atoms with Crippen molar-refractivity contribution in [3.05, 3.63) is 0 Å². The van der Waals surface area contributed by atoms with Crippen LogP contribution in [0.4, 0.5) is 0 Å². The number of rotatable bonds is 0. The predicted molar refractivity (Wildman–Crippen MR) is 39.8 cm³/mol. The van der Waals surface area contributed by atoms with E-state index < -0.39 is 0 Å². The van der Waals surface area contributed by atoms with E-state index in [4.69, 9.17) is 0 Å². The Bertz CT molecular complexity index is 18.7. The third-order valence-electron chi connectivity index (χ3n) is 0. The molecule has 104 valence electrons. The zero-order valence-electron chi connectivity index (χ0n) is 11.2. The summed E-state index contributed by atoms with van der Waals surface area (Å²) in [5, 5.41) is 0. The third-order valence-corrected chi connectivity index (χ3v) is 0. The summed E-state index contributed by atoms with van der Waals surface area (Å²) in [5.41, 5.74) is 0. The van der Waals surface area contributed by atoms with Crippen LogP contribution in [0.2, 0.25) is 0 Å². The molecule has 11 nitrogen and oxygen atoms in total. The molecule has 0 aromatic carbocycles. The second-order valence-corrected chi connectivity index (χ2v) is 0. The SMILES string of the molecule is O.O.O.O.O.O.O.O.O.O.O.[Zn].[Zn].[Zn].[Zn].[Zn].[Zn].[Zn].[Zn]. The van der Waals surface area contributed by atoms with Crippen LogP contribution < -0.4 is 0 Å². The van der Waals surface area contributed by atoms with Gasteiger partial charge in [-0.3, -0.25) is 0 Å². The summed E-state index contributed by atoms with van der Waals surface area (Å²) in [6.07, 6.45) is 0. The fourth-order valence-electron chi connectivity index (χ4n) is 0. The van der Waals surface area contributed by atoms with E-state index in [9.17, 15) is 0 Å². The van der Waals surface area contributed by atoms with Crippen LogP contribution in [0.5, 0.6) is 0 Å². The topological polar surface area (TPSA) is 346 Å². The smallest absolute Gasteiger partial charge is 0 e. The van der Waals surface area contributed by atoms with Crippen LogP contribution in [-0.4, -0.2) is 60.2 Å². The van der Waals surface area contributed by atoms with Crippen LogP contribution in [0.15, 0.2) is 0 Å². The summed E-state index contributed by atoms with van der Waals surface area (Å²) >= 11 is 0. The standard InChI is InChI=1S/11H2O.8Zn/h11*1H2;;;;;;;;. The summed E-state index contributed by atoms with van der Waals surface area (Å²) in [7, 11) is 0. The van der Waals surface area contributed by atoms with E-state index in [-0.39, 0.29) is 216 Å². The molecule has 0 atom stereocenters. The molecule has 0 aliphatic carbocycles. The molecular weight excluding hydrogens is 699 g/mol. The molecule has 0 unspecified atom stereocenters. The molecule has 0 aliphatic heterocycles. The normalized spacial score (nSPS) is 0. The van der Waals surface area contributed by atoms with Gasteiger partial charge in [-0.25, -0.2) is 0 Å². The van der Waals surface area contributed by atoms with Crippen LogP contribution in [0.3, 0.4) is 0 Å². The predicted octanol–water partition coefficient (Wildman–Crippen LogP) is -9.09. The molecule has 0 aliphatic rings. The van der Waals surface area contributed by atoms with E-state index in [1.54, 1.807) is 0 Å². The van der Waals surface area contributed by atoms with E-state index in [2.05, 4.69) is 0 Å². The van der Waals surface area contributed by atoms with Gasteiger partial charge in [0.05, 0.1) is 0 Å². The van der Waals surface area contributed by atoms with Gasteiger partial charge in [0, 0.05) is 156 Å². The van der Waals surface area contributed by atoms with Gasteiger partial charge in [0.2, 0.25) is 0 Å². The van der Waals surface area contributed by atoms with Crippen LogP contribution in [-0.2, 0) is 156 Å². The first-order chi connectivity index (χ1) is 0. The average Bonchev–Trinajstić information content (AvgIpc) is 0. The van der Waals surface area contributed by atoms with E-state index >= 15 is 0 Å². The molecule has 19 heteroatoms. The molecule has 0 heterocycles. The third kappa shape index (κ3) is 460. The van der Waals surface area contributed by atoms with Crippen molar-refractivity contribution in [2.75, 3.05) is 0 Å². The molecule has 0 fully saturated rings. The van der Waals surface area contributed by atoms with Gasteiger partial charge < -0.3 is 60.2 Å². The number of hydrogen-bond acceptors (Lipinski definition) is 0. The Balaban J connectivity index is 0. The molecule has 19 heavy (non-hydrogen) atoms. The van der Waals surface area contributed by atoms with Gasteiger partial charge in [0.25, 0.3) is 0 Å². The summed E-state index contributed by atoms with van der Waals surface area (Å²) in [6, 6.07) is 0. The average molecular weight is 721 g/mol. The van der Waals surface area contributed by atoms with E-state index in [0.29, 0.717) is 0 Å². The zero-order valence-corrected chi connectivity index (χ0v) is 34.9. The second-order valence-electron chi connectivity index (χ2n) is 0. The first-order valence-corrected chi connectivity index (χ1v) is 0. The second kappa shape index (κ2) is 506. The Hall–Kier alpha value is 4.55. The van der Waals surface area contributed by atoms with Gasteiger partial charge in [-0.05, 0) is 0 Å². The first kappa shape index (κ1) is 579. The van der Waals surface area contributed by atoms with Crippen molar-refractivity contribution in [3.8, 4) is 0 Å². The minimum absolute atomic E-state index is 0. The Kier molecular flexibility index (Phi) is 15400. The van der Waals surface area contributed by atoms with Gasteiger partial charge in [0.15, 0.2) is 0 Å². The van der Waals surface area contributed by atoms with E-state index in [0.717, 1.165) is 0 Å². The van der Waals surface area contributed by atoms with Gasteiger partial charge in [0.1, 0.15) is 0 Å². The van der Waals surface area contributed by atoms with Crippen molar-refractivity contribution < 1.29 is 216 Å². The summed E-state index contributed by atoms with van der Waals surface area (Å²) in [5.74, 6) is 0. The molecule has 22 N–H and O–H groups in total. The largest absolute Gasteiger partial charge is 0.412 e. The van der Waals surface area contributed by atoms with Crippen LogP contribution in [0.25, 0.3) is 0 Å². The Morgan fingerprint density at radius 3 is 0.105 bits per heavy atom. The molecule has 0 saturated heterocycles. The molecular formula is H22O11Zn8. The van der Waals surface area contributed by atoms with Crippen molar-refractivity contribution >= 4 is 0 Å². The summed E-state index contributed by atoms with van der Waals surface area (Å²) in [6.45, 7) is 0. The van der Waals surface area contributed by atoms with E-state index in [1.165, 1.54) is 0 Å². The monoisotopic (exact) mass is 710 g/mol. The maximum absolute atomic E-state index is 0. The molecule has 0 aromatic rings. The Morgan fingerprint density at radius 1 is 0.105 bits per heavy atom. The Labute approximate surface area is 213 Å². The minimum Gasteiger partial charge on any atom is -0.412 e. The number of hydrogen-bond donors (Lipinski definition) is 0. The minimum atomic E-state index is 0. The van der Waals surface area contributed by atoms with Crippen LogP contribution in [0, 0.1) is 0 Å². The first-order valence-electron chi connectivity index (χ1n) is 0. The molecule has 0 spiro atoms. The van der Waals surface area contributed by atoms with Gasteiger partial charge in [-0.15, -0.1) is 0 Å². The zero-order chi connectivity index (χ0) is 0. The van der Waals surface area contributed by atoms with Crippen molar-refractivity contribution in [2.24, 2.45) is 0 Å². The van der Waals surface area contributed by atoms with Crippen LogP contribution in [0.1, 0.15) is 0 Å².